The first-order valence-corrected chi connectivity index (χ1v) is 7.63. The van der Waals surface area contributed by atoms with Crippen LogP contribution in [0.2, 0.25) is 0 Å². The highest BCUT2D eigenvalue weighted by Crippen LogP contribution is 2.35. The molecular weight excluding hydrogens is 325 g/mol. The maximum Gasteiger partial charge on any atom is 0.417 e. The molecule has 0 saturated carbocycles. The number of nitrogens with one attached hydrogen (secondary N) is 1. The van der Waals surface area contributed by atoms with Gasteiger partial charge in [0.2, 0.25) is 0 Å². The van der Waals surface area contributed by atoms with Crippen LogP contribution in [0.1, 0.15) is 36.6 Å². The summed E-state index contributed by atoms with van der Waals surface area (Å²) in [4.78, 5) is 28.5. The summed E-state index contributed by atoms with van der Waals surface area (Å²) in [6, 6.07) is 0.611. The monoisotopic (exact) mass is 342 g/mol. The van der Waals surface area contributed by atoms with Crippen molar-refractivity contribution in [3.63, 3.8) is 0 Å². The molecule has 0 radical (unpaired) electrons. The first-order chi connectivity index (χ1) is 11.2. The second-order valence-electron chi connectivity index (χ2n) is 6.00. The Kier molecular flexibility index (Phi) is 3.98. The number of aromatic nitrogens is 3. The lowest BCUT2D eigenvalue weighted by Gasteiger charge is -2.24. The average molecular weight is 342 g/mol. The zero-order chi connectivity index (χ0) is 17.6. The average Bonchev–Trinajstić information content (AvgIpc) is 2.57. The molecular formula is C15H17F3N4O2. The predicted octanol–water partition coefficient (Wildman–Crippen LogP) is 1.47. The summed E-state index contributed by atoms with van der Waals surface area (Å²) in [6.45, 7) is 0.696. The van der Waals surface area contributed by atoms with E-state index in [0.717, 1.165) is 30.5 Å². The van der Waals surface area contributed by atoms with Crippen molar-refractivity contribution in [2.75, 3.05) is 6.54 Å². The highest BCUT2D eigenvalue weighted by atomic mass is 19.4. The Morgan fingerprint density at radius 2 is 1.92 bits per heavy atom. The minimum Gasteiger partial charge on any atom is -0.309 e. The highest BCUT2D eigenvalue weighted by molar-refractivity contribution is 5.79. The van der Waals surface area contributed by atoms with Crippen LogP contribution in [0.15, 0.2) is 15.7 Å². The lowest BCUT2D eigenvalue weighted by Crippen LogP contribution is -2.38. The molecule has 2 aromatic heterocycles. The van der Waals surface area contributed by atoms with Crippen LogP contribution in [0, 0.1) is 0 Å². The fourth-order valence-electron chi connectivity index (χ4n) is 3.08. The number of aryl methyl sites for hydroxylation is 1. The molecule has 0 aromatic carbocycles. The normalized spacial score (nSPS) is 19.0. The molecule has 1 N–H and O–H groups in total. The Hall–Kier alpha value is -2.16. The number of hydrogen-bond acceptors (Lipinski definition) is 4. The van der Waals surface area contributed by atoms with Crippen LogP contribution in [0.3, 0.4) is 0 Å². The molecule has 1 saturated heterocycles. The summed E-state index contributed by atoms with van der Waals surface area (Å²) in [5, 5.41) is 2.56. The van der Waals surface area contributed by atoms with E-state index in [1.165, 1.54) is 7.05 Å². The van der Waals surface area contributed by atoms with Crippen molar-refractivity contribution in [3.05, 3.63) is 38.2 Å². The lowest BCUT2D eigenvalue weighted by molar-refractivity contribution is -0.136. The number of alkyl halides is 3. The van der Waals surface area contributed by atoms with Crippen molar-refractivity contribution >= 4 is 11.0 Å². The van der Waals surface area contributed by atoms with Crippen molar-refractivity contribution in [1.29, 1.82) is 0 Å². The molecule has 2 aromatic rings. The van der Waals surface area contributed by atoms with Crippen molar-refractivity contribution in [1.82, 2.24) is 19.4 Å². The first-order valence-electron chi connectivity index (χ1n) is 7.63. The zero-order valence-electron chi connectivity index (χ0n) is 13.3. The summed E-state index contributed by atoms with van der Waals surface area (Å²) >= 11 is 0. The van der Waals surface area contributed by atoms with Crippen LogP contribution in [0.5, 0.6) is 0 Å². The van der Waals surface area contributed by atoms with Crippen molar-refractivity contribution in [2.45, 2.75) is 31.5 Å². The van der Waals surface area contributed by atoms with Crippen LogP contribution in [0.25, 0.3) is 11.0 Å². The molecule has 1 aliphatic heterocycles. The van der Waals surface area contributed by atoms with Gasteiger partial charge in [-0.05, 0) is 25.5 Å². The molecule has 0 aliphatic carbocycles. The van der Waals surface area contributed by atoms with E-state index in [1.807, 2.05) is 0 Å². The molecule has 130 valence electrons. The lowest BCUT2D eigenvalue weighted by atomic mass is 9.99. The highest BCUT2D eigenvalue weighted by Gasteiger charge is 2.36. The summed E-state index contributed by atoms with van der Waals surface area (Å²) in [5.74, 6) is 0. The number of halogens is 3. The number of piperidine rings is 1. The van der Waals surface area contributed by atoms with Gasteiger partial charge in [-0.3, -0.25) is 13.9 Å². The maximum atomic E-state index is 13.5. The summed E-state index contributed by atoms with van der Waals surface area (Å²) < 4.78 is 42.2. The number of hydrogen-bond donors (Lipinski definition) is 1. The van der Waals surface area contributed by atoms with E-state index in [4.69, 9.17) is 0 Å². The Labute approximate surface area is 134 Å². The Balaban J connectivity index is 2.39. The van der Waals surface area contributed by atoms with Crippen LogP contribution in [-0.4, -0.2) is 20.7 Å². The number of pyridine rings is 1. The maximum absolute atomic E-state index is 13.5. The minimum atomic E-state index is -4.71. The predicted molar refractivity (Wildman–Crippen MR) is 81.8 cm³/mol. The molecule has 9 heteroatoms. The van der Waals surface area contributed by atoms with E-state index in [-0.39, 0.29) is 17.4 Å². The molecule has 0 unspecified atom stereocenters. The van der Waals surface area contributed by atoms with Crippen LogP contribution in [-0.2, 0) is 20.3 Å². The van der Waals surface area contributed by atoms with E-state index in [1.54, 1.807) is 0 Å². The third kappa shape index (κ3) is 2.62. The second-order valence-corrected chi connectivity index (χ2v) is 6.00. The fourth-order valence-corrected chi connectivity index (χ4v) is 3.08. The van der Waals surface area contributed by atoms with Crippen LogP contribution < -0.4 is 16.6 Å². The third-order valence-electron chi connectivity index (χ3n) is 4.40. The number of rotatable bonds is 1. The molecule has 1 atom stereocenters. The van der Waals surface area contributed by atoms with E-state index in [2.05, 4.69) is 10.3 Å². The molecule has 1 fully saturated rings. The molecule has 0 bridgehead atoms. The van der Waals surface area contributed by atoms with Gasteiger partial charge in [-0.15, -0.1) is 0 Å². The largest absolute Gasteiger partial charge is 0.417 e. The Morgan fingerprint density at radius 3 is 2.50 bits per heavy atom. The van der Waals surface area contributed by atoms with Crippen LogP contribution in [0.4, 0.5) is 13.2 Å². The van der Waals surface area contributed by atoms with Gasteiger partial charge in [0.1, 0.15) is 5.65 Å². The Bertz CT molecular complexity index is 908. The van der Waals surface area contributed by atoms with Gasteiger partial charge in [0.15, 0.2) is 0 Å². The fraction of sp³-hybridized carbons (Fsp3) is 0.533. The van der Waals surface area contributed by atoms with E-state index in [9.17, 15) is 22.8 Å². The van der Waals surface area contributed by atoms with Gasteiger partial charge < -0.3 is 5.32 Å². The van der Waals surface area contributed by atoms with E-state index in [0.29, 0.717) is 17.5 Å². The molecule has 0 amide bonds. The number of nitrogens with zero attached hydrogens (tertiary/aromatic N) is 3. The first kappa shape index (κ1) is 16.7. The second kappa shape index (κ2) is 5.73. The molecule has 6 nitrogen and oxygen atoms in total. The van der Waals surface area contributed by atoms with Gasteiger partial charge in [0.25, 0.3) is 5.56 Å². The molecule has 24 heavy (non-hydrogen) atoms. The van der Waals surface area contributed by atoms with Crippen molar-refractivity contribution in [2.24, 2.45) is 14.1 Å². The zero-order valence-corrected chi connectivity index (χ0v) is 13.3. The van der Waals surface area contributed by atoms with E-state index < -0.39 is 28.4 Å². The van der Waals surface area contributed by atoms with Gasteiger partial charge in [-0.1, -0.05) is 6.42 Å². The standard InChI is InChI=1S/C15H17F3N4O2/c1-21-12-11(13(23)22(2)14(21)24)8(15(16,17)18)7-10(20-12)9-5-3-4-6-19-9/h7,9,19H,3-6H2,1-2H3/t9-/m0/s1. The number of fused-ring (bicyclic) bond motifs is 1. The van der Waals surface area contributed by atoms with Crippen molar-refractivity contribution in [3.8, 4) is 0 Å². The summed E-state index contributed by atoms with van der Waals surface area (Å²) in [6.07, 6.45) is -2.22. The van der Waals surface area contributed by atoms with Crippen LogP contribution >= 0.6 is 0 Å². The topological polar surface area (TPSA) is 68.9 Å². The smallest absolute Gasteiger partial charge is 0.309 e. The van der Waals surface area contributed by atoms with Gasteiger partial charge in [0, 0.05) is 20.1 Å². The molecule has 3 heterocycles. The third-order valence-corrected chi connectivity index (χ3v) is 4.40. The molecule has 0 spiro atoms. The van der Waals surface area contributed by atoms with Crippen molar-refractivity contribution < 1.29 is 13.2 Å². The van der Waals surface area contributed by atoms with Gasteiger partial charge >= 0.3 is 11.9 Å². The minimum absolute atomic E-state index is 0.206. The van der Waals surface area contributed by atoms with Gasteiger partial charge in [-0.25, -0.2) is 9.78 Å². The SMILES string of the molecule is Cn1c(=O)c2c(C(F)(F)F)cc([C@@H]3CCCCN3)nc2n(C)c1=O. The summed E-state index contributed by atoms with van der Waals surface area (Å²) in [5.41, 5.74) is -2.78. The van der Waals surface area contributed by atoms with E-state index >= 15 is 0 Å². The van der Waals surface area contributed by atoms with Gasteiger partial charge in [-0.2, -0.15) is 13.2 Å². The quantitative estimate of drug-likeness (QED) is 0.852. The van der Waals surface area contributed by atoms with Gasteiger partial charge in [0.05, 0.1) is 16.6 Å². The molecule has 1 aliphatic rings. The summed E-state index contributed by atoms with van der Waals surface area (Å²) in [7, 11) is 2.47. The molecule has 3 rings (SSSR count). The Morgan fingerprint density at radius 1 is 1.21 bits per heavy atom.